The molecule has 5 heteroatoms. The van der Waals surface area contributed by atoms with Gasteiger partial charge in [0.1, 0.15) is 23.1 Å². The quantitative estimate of drug-likeness (QED) is 0.629. The Morgan fingerprint density at radius 2 is 1.92 bits per heavy atom. The number of hydrogen-bond donors (Lipinski definition) is 0. The largest absolute Gasteiger partial charge is 0.497 e. The molecule has 0 saturated heterocycles. The predicted octanol–water partition coefficient (Wildman–Crippen LogP) is 3.20. The van der Waals surface area contributed by atoms with E-state index >= 15 is 0 Å². The molecule has 0 spiro atoms. The summed E-state index contributed by atoms with van der Waals surface area (Å²) in [6.45, 7) is 1.13. The molecule has 0 aromatic heterocycles. The zero-order valence-corrected chi connectivity index (χ0v) is 14.9. The molecule has 0 unspecified atom stereocenters. The van der Waals surface area contributed by atoms with Gasteiger partial charge in [-0.1, -0.05) is 24.3 Å². The molecular weight excluding hydrogens is 328 g/mol. The van der Waals surface area contributed by atoms with Gasteiger partial charge in [-0.05, 0) is 35.8 Å². The van der Waals surface area contributed by atoms with Gasteiger partial charge in [0.25, 0.3) is 5.91 Å². The van der Waals surface area contributed by atoms with Crippen LogP contribution in [0.1, 0.15) is 16.7 Å². The van der Waals surface area contributed by atoms with Gasteiger partial charge in [-0.25, -0.2) is 0 Å². The van der Waals surface area contributed by atoms with Crippen molar-refractivity contribution in [3.05, 3.63) is 64.7 Å². The molecule has 0 fully saturated rings. The average molecular weight is 348 g/mol. The molecule has 1 aliphatic heterocycles. The first kappa shape index (κ1) is 17.6. The maximum Gasteiger partial charge on any atom is 0.264 e. The van der Waals surface area contributed by atoms with Crippen molar-refractivity contribution in [1.82, 2.24) is 4.90 Å². The number of nitrogens with zero attached hydrogens (tertiary/aromatic N) is 2. The number of amides is 1. The minimum Gasteiger partial charge on any atom is -0.497 e. The SMILES string of the molecule is COc1ccc(/C=C(\C#N)C(=O)N2CCc3ccccc3C2)c(OC)c1. The Labute approximate surface area is 153 Å². The van der Waals surface area contributed by atoms with E-state index in [9.17, 15) is 10.1 Å². The van der Waals surface area contributed by atoms with E-state index in [-0.39, 0.29) is 11.5 Å². The van der Waals surface area contributed by atoms with Gasteiger partial charge in [-0.15, -0.1) is 0 Å². The molecule has 1 aliphatic rings. The van der Waals surface area contributed by atoms with Crippen molar-refractivity contribution >= 4 is 12.0 Å². The fraction of sp³-hybridized carbons (Fsp3) is 0.238. The van der Waals surface area contributed by atoms with E-state index < -0.39 is 0 Å². The molecule has 0 bridgehead atoms. The summed E-state index contributed by atoms with van der Waals surface area (Å²) in [6.07, 6.45) is 2.37. The zero-order chi connectivity index (χ0) is 18.5. The molecule has 1 heterocycles. The van der Waals surface area contributed by atoms with Gasteiger partial charge >= 0.3 is 0 Å². The second-order valence-electron chi connectivity index (χ2n) is 6.02. The number of carbonyl (C=O) groups excluding carboxylic acids is 1. The monoisotopic (exact) mass is 348 g/mol. The number of carbonyl (C=O) groups is 1. The van der Waals surface area contributed by atoms with Crippen molar-refractivity contribution in [2.45, 2.75) is 13.0 Å². The lowest BCUT2D eigenvalue weighted by molar-refractivity contribution is -0.127. The van der Waals surface area contributed by atoms with Crippen LogP contribution in [0.3, 0.4) is 0 Å². The van der Waals surface area contributed by atoms with E-state index in [0.717, 1.165) is 12.0 Å². The summed E-state index contributed by atoms with van der Waals surface area (Å²) < 4.78 is 10.5. The molecule has 0 aliphatic carbocycles. The maximum atomic E-state index is 12.8. The van der Waals surface area contributed by atoms with Crippen molar-refractivity contribution in [2.24, 2.45) is 0 Å². The van der Waals surface area contributed by atoms with Crippen LogP contribution in [0.2, 0.25) is 0 Å². The van der Waals surface area contributed by atoms with E-state index in [2.05, 4.69) is 6.07 Å². The highest BCUT2D eigenvalue weighted by Gasteiger charge is 2.23. The third-order valence-electron chi connectivity index (χ3n) is 4.51. The number of fused-ring (bicyclic) bond motifs is 1. The van der Waals surface area contributed by atoms with Gasteiger partial charge in [0.2, 0.25) is 0 Å². The van der Waals surface area contributed by atoms with Gasteiger partial charge in [0, 0.05) is 24.7 Å². The lowest BCUT2D eigenvalue weighted by Gasteiger charge is -2.28. The van der Waals surface area contributed by atoms with E-state index in [1.807, 2.05) is 24.3 Å². The fourth-order valence-corrected chi connectivity index (χ4v) is 3.07. The van der Waals surface area contributed by atoms with E-state index in [4.69, 9.17) is 9.47 Å². The van der Waals surface area contributed by atoms with Gasteiger partial charge in [0.15, 0.2) is 0 Å². The second-order valence-corrected chi connectivity index (χ2v) is 6.02. The normalized spacial score (nSPS) is 13.6. The Balaban J connectivity index is 1.86. The minimum absolute atomic E-state index is 0.0906. The van der Waals surface area contributed by atoms with E-state index in [1.165, 1.54) is 5.56 Å². The van der Waals surface area contributed by atoms with Crippen LogP contribution in [0.25, 0.3) is 6.08 Å². The van der Waals surface area contributed by atoms with Crippen LogP contribution in [0.4, 0.5) is 0 Å². The topological polar surface area (TPSA) is 62.6 Å². The summed E-state index contributed by atoms with van der Waals surface area (Å²) in [4.78, 5) is 14.6. The molecule has 3 rings (SSSR count). The number of nitriles is 1. The summed E-state index contributed by atoms with van der Waals surface area (Å²) in [6, 6.07) is 15.4. The molecule has 5 nitrogen and oxygen atoms in total. The molecule has 0 atom stereocenters. The predicted molar refractivity (Wildman–Crippen MR) is 98.7 cm³/mol. The van der Waals surface area contributed by atoms with Crippen LogP contribution >= 0.6 is 0 Å². The number of hydrogen-bond acceptors (Lipinski definition) is 4. The van der Waals surface area contributed by atoms with E-state index in [0.29, 0.717) is 30.2 Å². The van der Waals surface area contributed by atoms with Crippen LogP contribution in [-0.4, -0.2) is 31.6 Å². The molecular formula is C21H20N2O3. The Morgan fingerprint density at radius 1 is 1.15 bits per heavy atom. The lowest BCUT2D eigenvalue weighted by Crippen LogP contribution is -2.36. The average Bonchev–Trinajstić information content (AvgIpc) is 2.71. The smallest absolute Gasteiger partial charge is 0.264 e. The second kappa shape index (κ2) is 7.75. The van der Waals surface area contributed by atoms with Gasteiger partial charge < -0.3 is 14.4 Å². The summed E-state index contributed by atoms with van der Waals surface area (Å²) >= 11 is 0. The molecule has 26 heavy (non-hydrogen) atoms. The highest BCUT2D eigenvalue weighted by molar-refractivity contribution is 6.02. The first-order chi connectivity index (χ1) is 12.7. The molecule has 132 valence electrons. The number of ether oxygens (including phenoxy) is 2. The van der Waals surface area contributed by atoms with E-state index in [1.54, 1.807) is 43.4 Å². The van der Waals surface area contributed by atoms with Gasteiger partial charge in [-0.2, -0.15) is 5.26 Å². The molecule has 1 amide bonds. The Hall–Kier alpha value is -3.26. The van der Waals surface area contributed by atoms with Crippen LogP contribution in [0.15, 0.2) is 48.0 Å². The number of methoxy groups -OCH3 is 2. The Kier molecular flexibility index (Phi) is 5.23. The zero-order valence-electron chi connectivity index (χ0n) is 14.9. The van der Waals surface area contributed by atoms with Crippen molar-refractivity contribution in [1.29, 1.82) is 5.26 Å². The maximum absolute atomic E-state index is 12.8. The summed E-state index contributed by atoms with van der Waals surface area (Å²) in [5.41, 5.74) is 3.14. The highest BCUT2D eigenvalue weighted by atomic mass is 16.5. The summed E-state index contributed by atoms with van der Waals surface area (Å²) in [5.74, 6) is 0.935. The molecule has 2 aromatic carbocycles. The molecule has 2 aromatic rings. The third kappa shape index (κ3) is 3.55. The summed E-state index contributed by atoms with van der Waals surface area (Å²) in [5, 5.41) is 9.52. The summed E-state index contributed by atoms with van der Waals surface area (Å²) in [7, 11) is 3.12. The van der Waals surface area contributed by atoms with Crippen LogP contribution in [0, 0.1) is 11.3 Å². The minimum atomic E-state index is -0.264. The van der Waals surface area contributed by atoms with Gasteiger partial charge in [0.05, 0.1) is 14.2 Å². The fourth-order valence-electron chi connectivity index (χ4n) is 3.07. The molecule has 0 saturated carbocycles. The number of benzene rings is 2. The van der Waals surface area contributed by atoms with Crippen molar-refractivity contribution in [3.8, 4) is 17.6 Å². The highest BCUT2D eigenvalue weighted by Crippen LogP contribution is 2.27. The number of rotatable bonds is 4. The first-order valence-electron chi connectivity index (χ1n) is 8.36. The lowest BCUT2D eigenvalue weighted by atomic mass is 9.99. The van der Waals surface area contributed by atoms with Crippen LogP contribution < -0.4 is 9.47 Å². The molecule has 0 N–H and O–H groups in total. The van der Waals surface area contributed by atoms with Crippen molar-refractivity contribution in [3.63, 3.8) is 0 Å². The molecule has 0 radical (unpaired) electrons. The standard InChI is InChI=1S/C21H20N2O3/c1-25-19-8-7-16(20(12-19)26-2)11-18(13-22)21(24)23-10-9-15-5-3-4-6-17(15)14-23/h3-8,11-12H,9-10,14H2,1-2H3/b18-11+. The third-order valence-corrected chi connectivity index (χ3v) is 4.51. The van der Waals surface area contributed by atoms with Crippen molar-refractivity contribution in [2.75, 3.05) is 20.8 Å². The Morgan fingerprint density at radius 3 is 2.62 bits per heavy atom. The Bertz CT molecular complexity index is 896. The van der Waals surface area contributed by atoms with Crippen molar-refractivity contribution < 1.29 is 14.3 Å². The van der Waals surface area contributed by atoms with Crippen LogP contribution in [-0.2, 0) is 17.8 Å². The first-order valence-corrected chi connectivity index (χ1v) is 8.36. The van der Waals surface area contributed by atoms with Gasteiger partial charge in [-0.3, -0.25) is 4.79 Å². The van der Waals surface area contributed by atoms with Crippen LogP contribution in [0.5, 0.6) is 11.5 Å².